The first-order valence-electron chi connectivity index (χ1n) is 11.1. The van der Waals surface area contributed by atoms with E-state index in [1.807, 2.05) is 35.9 Å². The van der Waals surface area contributed by atoms with Crippen LogP contribution < -0.4 is 5.32 Å². The number of hydrogen-bond donors (Lipinski definition) is 1. The minimum absolute atomic E-state index is 0.00239. The van der Waals surface area contributed by atoms with E-state index in [-0.39, 0.29) is 24.0 Å². The topological polar surface area (TPSA) is 52.7 Å². The Morgan fingerprint density at radius 3 is 2.20 bits per heavy atom. The van der Waals surface area contributed by atoms with Crippen molar-refractivity contribution in [3.63, 3.8) is 0 Å². The van der Waals surface area contributed by atoms with Gasteiger partial charge in [-0.15, -0.1) is 0 Å². The van der Waals surface area contributed by atoms with Gasteiger partial charge in [-0.3, -0.25) is 4.79 Å². The summed E-state index contributed by atoms with van der Waals surface area (Å²) in [4.78, 5) is 28.6. The molecule has 0 spiro atoms. The fraction of sp³-hybridized carbons (Fsp3) is 0.652. The standard InChI is InChI=1S/C23H33Cl2N3O2/c1-3-4-22(29)28-11-9-21(10-12-28)27(2)23(30)26-20-7-5-16(6-8-20)17-13-18(24)15-19(25)14-17/h13-16,20-21H,3-12H2,1-2H3,(H,26,30). The molecule has 0 unspecified atom stereocenters. The lowest BCUT2D eigenvalue weighted by molar-refractivity contribution is -0.132. The molecule has 30 heavy (non-hydrogen) atoms. The number of urea groups is 1. The largest absolute Gasteiger partial charge is 0.343 e. The van der Waals surface area contributed by atoms with E-state index in [1.165, 1.54) is 5.56 Å². The van der Waals surface area contributed by atoms with Gasteiger partial charge < -0.3 is 15.1 Å². The number of piperidine rings is 1. The van der Waals surface area contributed by atoms with Crippen LogP contribution in [-0.4, -0.2) is 54.0 Å². The zero-order valence-corrected chi connectivity index (χ0v) is 19.5. The molecule has 5 nitrogen and oxygen atoms in total. The molecule has 166 valence electrons. The summed E-state index contributed by atoms with van der Waals surface area (Å²) < 4.78 is 0. The Labute approximate surface area is 190 Å². The maximum atomic E-state index is 12.8. The first-order valence-corrected chi connectivity index (χ1v) is 11.9. The minimum Gasteiger partial charge on any atom is -0.343 e. The molecular formula is C23H33Cl2N3O2. The molecule has 3 amide bonds. The van der Waals surface area contributed by atoms with Crippen LogP contribution in [0.1, 0.15) is 69.8 Å². The van der Waals surface area contributed by atoms with E-state index < -0.39 is 0 Å². The third-order valence-corrected chi connectivity index (χ3v) is 7.00. The van der Waals surface area contributed by atoms with Crippen LogP contribution in [0.25, 0.3) is 0 Å². The highest BCUT2D eigenvalue weighted by atomic mass is 35.5. The zero-order valence-electron chi connectivity index (χ0n) is 18.0. The molecule has 0 radical (unpaired) electrons. The van der Waals surface area contributed by atoms with Crippen LogP contribution in [0.2, 0.25) is 10.0 Å². The van der Waals surface area contributed by atoms with Crippen LogP contribution in [0.3, 0.4) is 0 Å². The van der Waals surface area contributed by atoms with Gasteiger partial charge in [0.15, 0.2) is 0 Å². The number of nitrogens with one attached hydrogen (secondary N) is 1. The Morgan fingerprint density at radius 2 is 1.63 bits per heavy atom. The molecule has 1 saturated heterocycles. The van der Waals surface area contributed by atoms with Gasteiger partial charge in [0.25, 0.3) is 0 Å². The molecule has 0 atom stereocenters. The van der Waals surface area contributed by atoms with Gasteiger partial charge in [0, 0.05) is 48.7 Å². The van der Waals surface area contributed by atoms with E-state index in [2.05, 4.69) is 5.32 Å². The number of rotatable bonds is 5. The number of hydrogen-bond acceptors (Lipinski definition) is 2. The van der Waals surface area contributed by atoms with Gasteiger partial charge in [-0.25, -0.2) is 4.79 Å². The summed E-state index contributed by atoms with van der Waals surface area (Å²) in [7, 11) is 1.88. The Bertz CT molecular complexity index is 722. The Hall–Kier alpha value is -1.46. The molecule has 1 aromatic carbocycles. The second-order valence-corrected chi connectivity index (χ2v) is 9.55. The van der Waals surface area contributed by atoms with E-state index >= 15 is 0 Å². The van der Waals surface area contributed by atoms with E-state index in [9.17, 15) is 9.59 Å². The van der Waals surface area contributed by atoms with Crippen molar-refractivity contribution in [3.8, 4) is 0 Å². The van der Waals surface area contributed by atoms with Crippen molar-refractivity contribution < 1.29 is 9.59 Å². The summed E-state index contributed by atoms with van der Waals surface area (Å²) >= 11 is 12.3. The van der Waals surface area contributed by atoms with Crippen LogP contribution in [0.4, 0.5) is 4.79 Å². The normalized spacial score (nSPS) is 22.6. The van der Waals surface area contributed by atoms with Gasteiger partial charge in [0.05, 0.1) is 0 Å². The summed E-state index contributed by atoms with van der Waals surface area (Å²) in [5, 5.41) is 4.57. The second kappa shape index (κ2) is 10.7. The molecule has 1 saturated carbocycles. The van der Waals surface area contributed by atoms with Crippen molar-refractivity contribution in [3.05, 3.63) is 33.8 Å². The molecule has 1 aliphatic heterocycles. The van der Waals surface area contributed by atoms with Crippen LogP contribution in [0, 0.1) is 0 Å². The summed E-state index contributed by atoms with van der Waals surface area (Å²) in [6.07, 6.45) is 7.14. The quantitative estimate of drug-likeness (QED) is 0.643. The lowest BCUT2D eigenvalue weighted by atomic mass is 9.82. The average molecular weight is 454 g/mol. The van der Waals surface area contributed by atoms with E-state index in [4.69, 9.17) is 23.2 Å². The fourth-order valence-corrected chi connectivity index (χ4v) is 5.24. The SMILES string of the molecule is CCCC(=O)N1CCC(N(C)C(=O)NC2CCC(c3cc(Cl)cc(Cl)c3)CC2)CC1. The van der Waals surface area contributed by atoms with E-state index in [0.717, 1.165) is 58.0 Å². The molecule has 3 rings (SSSR count). The average Bonchev–Trinajstić information content (AvgIpc) is 2.73. The van der Waals surface area contributed by atoms with Gasteiger partial charge in [-0.05, 0) is 74.6 Å². The van der Waals surface area contributed by atoms with Crippen LogP contribution in [0.15, 0.2) is 18.2 Å². The van der Waals surface area contributed by atoms with Crippen molar-refractivity contribution in [1.29, 1.82) is 0 Å². The second-order valence-electron chi connectivity index (χ2n) is 8.67. The van der Waals surface area contributed by atoms with E-state index in [1.54, 1.807) is 6.07 Å². The predicted molar refractivity (Wildman–Crippen MR) is 122 cm³/mol. The highest BCUT2D eigenvalue weighted by Crippen LogP contribution is 2.35. The van der Waals surface area contributed by atoms with Gasteiger partial charge >= 0.3 is 6.03 Å². The van der Waals surface area contributed by atoms with Crippen molar-refractivity contribution in [2.45, 2.75) is 76.3 Å². The summed E-state index contributed by atoms with van der Waals surface area (Å²) in [6, 6.07) is 6.17. The predicted octanol–water partition coefficient (Wildman–Crippen LogP) is 5.45. The fourth-order valence-electron chi connectivity index (χ4n) is 4.70. The van der Waals surface area contributed by atoms with Crippen molar-refractivity contribution in [1.82, 2.24) is 15.1 Å². The molecule has 1 N–H and O–H groups in total. The highest BCUT2D eigenvalue weighted by molar-refractivity contribution is 6.34. The Morgan fingerprint density at radius 1 is 1.03 bits per heavy atom. The van der Waals surface area contributed by atoms with Gasteiger partial charge in [-0.1, -0.05) is 30.1 Å². The van der Waals surface area contributed by atoms with Crippen LogP contribution in [-0.2, 0) is 4.79 Å². The van der Waals surface area contributed by atoms with Gasteiger partial charge in [0.2, 0.25) is 5.91 Å². The maximum absolute atomic E-state index is 12.8. The number of likely N-dealkylation sites (tertiary alicyclic amines) is 1. The summed E-state index contributed by atoms with van der Waals surface area (Å²) in [5.41, 5.74) is 1.19. The molecule has 7 heteroatoms. The number of amides is 3. The number of halogens is 2. The summed E-state index contributed by atoms with van der Waals surface area (Å²) in [6.45, 7) is 3.52. The lowest BCUT2D eigenvalue weighted by Gasteiger charge is -2.38. The molecule has 0 aromatic heterocycles. The molecule has 1 aromatic rings. The number of carbonyl (C=O) groups is 2. The number of benzene rings is 1. The first-order chi connectivity index (χ1) is 14.4. The monoisotopic (exact) mass is 453 g/mol. The van der Waals surface area contributed by atoms with E-state index in [0.29, 0.717) is 22.4 Å². The van der Waals surface area contributed by atoms with Crippen molar-refractivity contribution >= 4 is 35.1 Å². The number of carbonyl (C=O) groups excluding carboxylic acids is 2. The van der Waals surface area contributed by atoms with Crippen LogP contribution >= 0.6 is 23.2 Å². The Balaban J connectivity index is 1.44. The third kappa shape index (κ3) is 6.04. The zero-order chi connectivity index (χ0) is 21.7. The summed E-state index contributed by atoms with van der Waals surface area (Å²) in [5.74, 6) is 0.679. The lowest BCUT2D eigenvalue weighted by Crippen LogP contribution is -2.52. The molecular weight excluding hydrogens is 421 g/mol. The third-order valence-electron chi connectivity index (χ3n) is 6.56. The molecule has 1 heterocycles. The smallest absolute Gasteiger partial charge is 0.317 e. The van der Waals surface area contributed by atoms with Crippen LogP contribution in [0.5, 0.6) is 0 Å². The van der Waals surface area contributed by atoms with Crippen molar-refractivity contribution in [2.75, 3.05) is 20.1 Å². The number of nitrogens with zero attached hydrogens (tertiary/aromatic N) is 2. The van der Waals surface area contributed by atoms with Gasteiger partial charge in [0.1, 0.15) is 0 Å². The molecule has 1 aliphatic carbocycles. The maximum Gasteiger partial charge on any atom is 0.317 e. The molecule has 0 bridgehead atoms. The first kappa shape index (κ1) is 23.2. The van der Waals surface area contributed by atoms with Crippen molar-refractivity contribution in [2.24, 2.45) is 0 Å². The highest BCUT2D eigenvalue weighted by Gasteiger charge is 2.29. The minimum atomic E-state index is 0.00239. The molecule has 2 aliphatic rings. The van der Waals surface area contributed by atoms with Gasteiger partial charge in [-0.2, -0.15) is 0 Å². The Kier molecular flexibility index (Phi) is 8.29. The molecule has 2 fully saturated rings.